The highest BCUT2D eigenvalue weighted by molar-refractivity contribution is 6.03. The van der Waals surface area contributed by atoms with Crippen LogP contribution >= 0.6 is 0 Å². The summed E-state index contributed by atoms with van der Waals surface area (Å²) in [5.41, 5.74) is 2.02. The number of aliphatic hydroxyl groups is 1. The van der Waals surface area contributed by atoms with Crippen LogP contribution in [0, 0.1) is 0 Å². The fourth-order valence-electron chi connectivity index (χ4n) is 2.67. The number of aliphatic hydroxyl groups excluding tert-OH is 1. The second-order valence-electron chi connectivity index (χ2n) is 5.91. The Labute approximate surface area is 160 Å². The number of carbonyl (C=O) groups excluding carboxylic acids is 1. The number of hydrogen-bond acceptors (Lipinski definition) is 6. The summed E-state index contributed by atoms with van der Waals surface area (Å²) in [6.07, 6.45) is 3.11. The molecule has 8 nitrogen and oxygen atoms in total. The third kappa shape index (κ3) is 4.68. The summed E-state index contributed by atoms with van der Waals surface area (Å²) in [7, 11) is 0. The van der Waals surface area contributed by atoms with Gasteiger partial charge in [-0.05, 0) is 23.8 Å². The van der Waals surface area contributed by atoms with Gasteiger partial charge in [-0.2, -0.15) is 0 Å². The van der Waals surface area contributed by atoms with E-state index in [0.29, 0.717) is 22.4 Å². The van der Waals surface area contributed by atoms with Crippen LogP contribution in [0.5, 0.6) is 0 Å². The lowest BCUT2D eigenvalue weighted by molar-refractivity contribution is -0.131. The average molecular weight is 378 g/mol. The molecule has 1 atom stereocenters. The Kier molecular flexibility index (Phi) is 5.93. The Morgan fingerprint density at radius 1 is 1.07 bits per heavy atom. The van der Waals surface area contributed by atoms with E-state index in [1.165, 1.54) is 6.33 Å². The third-order valence-corrected chi connectivity index (χ3v) is 3.98. The van der Waals surface area contributed by atoms with E-state index < -0.39 is 11.9 Å². The predicted molar refractivity (Wildman–Crippen MR) is 105 cm³/mol. The number of nitrogens with one attached hydrogen (secondary N) is 2. The summed E-state index contributed by atoms with van der Waals surface area (Å²) in [5.74, 6) is -1.26. The van der Waals surface area contributed by atoms with Gasteiger partial charge >= 0.3 is 5.97 Å². The molecule has 0 saturated carbocycles. The van der Waals surface area contributed by atoms with Crippen molar-refractivity contribution in [2.75, 3.05) is 17.2 Å². The Bertz CT molecular complexity index is 1020. The van der Waals surface area contributed by atoms with Crippen molar-refractivity contribution in [3.63, 3.8) is 0 Å². The molecular formula is C20H18N4O4. The average Bonchev–Trinajstić information content (AvgIpc) is 2.71. The number of aromatic nitrogens is 2. The lowest BCUT2D eigenvalue weighted by atomic mass is 10.1. The molecule has 8 heteroatoms. The molecule has 142 valence electrons. The second kappa shape index (κ2) is 8.74. The molecule has 2 aromatic carbocycles. The number of amides is 1. The number of carboxylic acid groups (broad SMARTS) is 1. The molecule has 0 aliphatic rings. The Hall–Kier alpha value is -3.78. The van der Waals surface area contributed by atoms with E-state index in [2.05, 4.69) is 20.6 Å². The molecule has 28 heavy (non-hydrogen) atoms. The molecule has 0 spiro atoms. The molecule has 0 fully saturated rings. The van der Waals surface area contributed by atoms with Crippen molar-refractivity contribution in [1.82, 2.24) is 9.97 Å². The summed E-state index contributed by atoms with van der Waals surface area (Å²) in [4.78, 5) is 30.8. The van der Waals surface area contributed by atoms with Gasteiger partial charge in [0.05, 0.1) is 18.2 Å². The summed E-state index contributed by atoms with van der Waals surface area (Å²) in [6, 6.07) is 14.2. The van der Waals surface area contributed by atoms with Crippen LogP contribution in [0.1, 0.15) is 11.6 Å². The molecule has 0 saturated heterocycles. The standard InChI is InChI=1S/C20H18N4O4/c25-11-17(13-4-2-1-3-5-13)24-20-15-10-14(6-7-16(15)21-12-22-20)23-18(26)8-9-19(27)28/h1-10,12,17,25H,11H2,(H,23,26)(H,27,28)(H,21,22,24)/t17-/m1/s1. The van der Waals surface area contributed by atoms with Gasteiger partial charge in [-0.1, -0.05) is 30.3 Å². The van der Waals surface area contributed by atoms with Crippen LogP contribution in [-0.4, -0.2) is 38.7 Å². The molecule has 1 amide bonds. The van der Waals surface area contributed by atoms with Crippen LogP contribution in [-0.2, 0) is 9.59 Å². The first-order chi connectivity index (χ1) is 13.6. The minimum atomic E-state index is -1.20. The van der Waals surface area contributed by atoms with Crippen LogP contribution in [0.4, 0.5) is 11.5 Å². The van der Waals surface area contributed by atoms with Gasteiger partial charge in [-0.15, -0.1) is 0 Å². The highest BCUT2D eigenvalue weighted by Gasteiger charge is 2.13. The second-order valence-corrected chi connectivity index (χ2v) is 5.91. The van der Waals surface area contributed by atoms with Gasteiger partial charge in [-0.25, -0.2) is 14.8 Å². The molecule has 1 heterocycles. The monoisotopic (exact) mass is 378 g/mol. The number of hydrogen-bond donors (Lipinski definition) is 4. The molecule has 3 rings (SSSR count). The van der Waals surface area contributed by atoms with Crippen LogP contribution in [0.15, 0.2) is 67.0 Å². The van der Waals surface area contributed by atoms with Gasteiger partial charge in [0.1, 0.15) is 12.1 Å². The van der Waals surface area contributed by atoms with Crippen molar-refractivity contribution >= 4 is 34.3 Å². The van der Waals surface area contributed by atoms with Crippen LogP contribution < -0.4 is 10.6 Å². The van der Waals surface area contributed by atoms with Crippen LogP contribution in [0.3, 0.4) is 0 Å². The number of carboxylic acids is 1. The molecule has 0 aliphatic carbocycles. The molecule has 0 aliphatic heterocycles. The number of nitrogens with zero attached hydrogens (tertiary/aromatic N) is 2. The zero-order valence-electron chi connectivity index (χ0n) is 14.7. The Morgan fingerprint density at radius 3 is 2.57 bits per heavy atom. The van der Waals surface area contributed by atoms with E-state index in [-0.39, 0.29) is 12.6 Å². The number of aliphatic carboxylic acids is 1. The fourth-order valence-corrected chi connectivity index (χ4v) is 2.67. The lowest BCUT2D eigenvalue weighted by Gasteiger charge is -2.18. The molecule has 1 aromatic heterocycles. The number of anilines is 2. The Morgan fingerprint density at radius 2 is 1.86 bits per heavy atom. The van der Waals surface area contributed by atoms with E-state index in [1.54, 1.807) is 18.2 Å². The normalized spacial score (nSPS) is 12.0. The maximum atomic E-state index is 11.8. The maximum Gasteiger partial charge on any atom is 0.328 e. The van der Waals surface area contributed by atoms with Gasteiger partial charge < -0.3 is 20.8 Å². The van der Waals surface area contributed by atoms with Crippen LogP contribution in [0.2, 0.25) is 0 Å². The third-order valence-electron chi connectivity index (χ3n) is 3.98. The number of fused-ring (bicyclic) bond motifs is 1. The molecule has 0 radical (unpaired) electrons. The largest absolute Gasteiger partial charge is 0.478 e. The maximum absolute atomic E-state index is 11.8. The van der Waals surface area contributed by atoms with Crippen molar-refractivity contribution in [2.24, 2.45) is 0 Å². The summed E-state index contributed by atoms with van der Waals surface area (Å²) >= 11 is 0. The number of benzene rings is 2. The summed E-state index contributed by atoms with van der Waals surface area (Å²) < 4.78 is 0. The van der Waals surface area contributed by atoms with Gasteiger partial charge in [0.15, 0.2) is 0 Å². The van der Waals surface area contributed by atoms with Crippen molar-refractivity contribution < 1.29 is 19.8 Å². The molecule has 4 N–H and O–H groups in total. The van der Waals surface area contributed by atoms with Crippen molar-refractivity contribution in [1.29, 1.82) is 0 Å². The predicted octanol–water partition coefficient (Wildman–Crippen LogP) is 2.35. The van der Waals surface area contributed by atoms with E-state index in [1.807, 2.05) is 30.3 Å². The Balaban J connectivity index is 1.88. The van der Waals surface area contributed by atoms with E-state index in [0.717, 1.165) is 17.7 Å². The van der Waals surface area contributed by atoms with Crippen molar-refractivity contribution in [2.45, 2.75) is 6.04 Å². The molecule has 0 bridgehead atoms. The highest BCUT2D eigenvalue weighted by Crippen LogP contribution is 2.26. The summed E-state index contributed by atoms with van der Waals surface area (Å²) in [6.45, 7) is -0.133. The van der Waals surface area contributed by atoms with Crippen molar-refractivity contribution in [3.05, 3.63) is 72.6 Å². The highest BCUT2D eigenvalue weighted by atomic mass is 16.4. The number of carbonyl (C=O) groups is 2. The number of rotatable bonds is 7. The SMILES string of the molecule is O=C(O)C=CC(=O)Nc1ccc2ncnc(N[C@H](CO)c3ccccc3)c2c1. The van der Waals surface area contributed by atoms with Crippen LogP contribution in [0.25, 0.3) is 10.9 Å². The van der Waals surface area contributed by atoms with Crippen molar-refractivity contribution in [3.8, 4) is 0 Å². The van der Waals surface area contributed by atoms with Gasteiger partial charge in [-0.3, -0.25) is 4.79 Å². The van der Waals surface area contributed by atoms with Gasteiger partial charge in [0.25, 0.3) is 0 Å². The minimum absolute atomic E-state index is 0.133. The molecule has 3 aromatic rings. The first kappa shape index (κ1) is 19.0. The van der Waals surface area contributed by atoms with Gasteiger partial charge in [0, 0.05) is 23.2 Å². The molecule has 0 unspecified atom stereocenters. The fraction of sp³-hybridized carbons (Fsp3) is 0.100. The first-order valence-corrected chi connectivity index (χ1v) is 8.46. The minimum Gasteiger partial charge on any atom is -0.478 e. The smallest absolute Gasteiger partial charge is 0.328 e. The molecular weight excluding hydrogens is 360 g/mol. The first-order valence-electron chi connectivity index (χ1n) is 8.46. The van der Waals surface area contributed by atoms with E-state index in [9.17, 15) is 14.7 Å². The van der Waals surface area contributed by atoms with E-state index >= 15 is 0 Å². The lowest BCUT2D eigenvalue weighted by Crippen LogP contribution is -2.16. The summed E-state index contributed by atoms with van der Waals surface area (Å²) in [5, 5.41) is 24.8. The van der Waals surface area contributed by atoms with E-state index in [4.69, 9.17) is 5.11 Å². The quantitative estimate of drug-likeness (QED) is 0.465. The zero-order valence-corrected chi connectivity index (χ0v) is 14.7. The van der Waals surface area contributed by atoms with Gasteiger partial charge in [0.2, 0.25) is 5.91 Å². The zero-order chi connectivity index (χ0) is 19.9. The topological polar surface area (TPSA) is 124 Å².